The summed E-state index contributed by atoms with van der Waals surface area (Å²) in [5.74, 6) is -1.23. The van der Waals surface area contributed by atoms with Gasteiger partial charge in [0, 0.05) is 12.6 Å². The van der Waals surface area contributed by atoms with Crippen LogP contribution in [0.25, 0.3) is 6.08 Å². The summed E-state index contributed by atoms with van der Waals surface area (Å²) in [4.78, 5) is 26.4. The number of benzene rings is 1. The van der Waals surface area contributed by atoms with Gasteiger partial charge in [0.1, 0.15) is 11.6 Å². The van der Waals surface area contributed by atoms with Crippen LogP contribution in [0, 0.1) is 24.2 Å². The van der Waals surface area contributed by atoms with Gasteiger partial charge in [-0.1, -0.05) is 43.7 Å². The number of nitriles is 1. The third kappa shape index (κ3) is 6.71. The fourth-order valence-corrected chi connectivity index (χ4v) is 4.85. The van der Waals surface area contributed by atoms with Gasteiger partial charge in [0.15, 0.2) is 16.4 Å². The van der Waals surface area contributed by atoms with E-state index < -0.39 is 34.4 Å². The highest BCUT2D eigenvalue weighted by Gasteiger charge is 2.35. The summed E-state index contributed by atoms with van der Waals surface area (Å²) in [6.45, 7) is 5.62. The summed E-state index contributed by atoms with van der Waals surface area (Å²) in [7, 11) is -3.15. The van der Waals surface area contributed by atoms with E-state index in [-0.39, 0.29) is 23.0 Å². The maximum absolute atomic E-state index is 12.6. The third-order valence-electron chi connectivity index (χ3n) is 4.59. The largest absolute Gasteiger partial charge is 0.451 e. The van der Waals surface area contributed by atoms with E-state index in [0.29, 0.717) is 18.5 Å². The maximum atomic E-state index is 12.6. The number of hydrogen-bond donors (Lipinski definition) is 0. The summed E-state index contributed by atoms with van der Waals surface area (Å²) in [6.07, 6.45) is 1.78. The predicted octanol–water partition coefficient (Wildman–Crippen LogP) is 2.12. The van der Waals surface area contributed by atoms with Crippen molar-refractivity contribution in [2.75, 3.05) is 24.7 Å². The third-order valence-corrected chi connectivity index (χ3v) is 6.34. The molecule has 29 heavy (non-hydrogen) atoms. The molecule has 0 unspecified atom stereocenters. The number of esters is 1. The Kier molecular flexibility index (Phi) is 7.57. The topological polar surface area (TPSA) is 105 Å². The molecule has 1 heterocycles. The van der Waals surface area contributed by atoms with Crippen LogP contribution in [0.3, 0.4) is 0 Å². The van der Waals surface area contributed by atoms with Gasteiger partial charge in [0.2, 0.25) is 0 Å². The van der Waals surface area contributed by atoms with E-state index in [9.17, 15) is 23.3 Å². The molecule has 0 spiro atoms. The first-order valence-corrected chi connectivity index (χ1v) is 11.3. The van der Waals surface area contributed by atoms with Gasteiger partial charge in [-0.3, -0.25) is 4.79 Å². The molecule has 156 valence electrons. The summed E-state index contributed by atoms with van der Waals surface area (Å²) < 4.78 is 28.6. The fourth-order valence-electron chi connectivity index (χ4n) is 3.12. The predicted molar refractivity (Wildman–Crippen MR) is 109 cm³/mol. The average Bonchev–Trinajstić information content (AvgIpc) is 3.02. The zero-order valence-electron chi connectivity index (χ0n) is 16.9. The van der Waals surface area contributed by atoms with E-state index in [2.05, 4.69) is 0 Å². The minimum absolute atomic E-state index is 0.0528. The van der Waals surface area contributed by atoms with Crippen molar-refractivity contribution >= 4 is 27.8 Å². The highest BCUT2D eigenvalue weighted by atomic mass is 32.2. The number of carbonyl (C=O) groups is 2. The Labute approximate surface area is 171 Å². The molecule has 1 aromatic carbocycles. The van der Waals surface area contributed by atoms with Crippen LogP contribution in [0.2, 0.25) is 0 Å². The number of carbonyl (C=O) groups excluding carboxylic acids is 2. The van der Waals surface area contributed by atoms with Gasteiger partial charge in [-0.15, -0.1) is 0 Å². The second-order valence-corrected chi connectivity index (χ2v) is 9.88. The molecular weight excluding hydrogens is 392 g/mol. The number of hydrogen-bond acceptors (Lipinski definition) is 6. The lowest BCUT2D eigenvalue weighted by molar-refractivity contribution is -0.149. The lowest BCUT2D eigenvalue weighted by Gasteiger charge is -2.29. The molecule has 2 rings (SSSR count). The van der Waals surface area contributed by atoms with Crippen LogP contribution in [0.5, 0.6) is 0 Å². The molecule has 1 aliphatic rings. The van der Waals surface area contributed by atoms with Gasteiger partial charge >= 0.3 is 5.97 Å². The Hall–Kier alpha value is -2.66. The van der Waals surface area contributed by atoms with Crippen molar-refractivity contribution in [2.45, 2.75) is 33.2 Å². The second kappa shape index (κ2) is 9.70. The van der Waals surface area contributed by atoms with Crippen LogP contribution >= 0.6 is 0 Å². The summed E-state index contributed by atoms with van der Waals surface area (Å²) in [5.41, 5.74) is 1.52. The van der Waals surface area contributed by atoms with E-state index in [4.69, 9.17) is 4.74 Å². The van der Waals surface area contributed by atoms with Crippen molar-refractivity contribution in [3.8, 4) is 6.07 Å². The number of aryl methyl sites for hydroxylation is 1. The van der Waals surface area contributed by atoms with Crippen LogP contribution in [-0.2, 0) is 24.2 Å². The zero-order valence-corrected chi connectivity index (χ0v) is 17.7. The van der Waals surface area contributed by atoms with Crippen molar-refractivity contribution in [3.05, 3.63) is 41.0 Å². The Morgan fingerprint density at radius 1 is 1.31 bits per heavy atom. The number of amides is 1. The summed E-state index contributed by atoms with van der Waals surface area (Å²) in [5, 5.41) is 9.25. The van der Waals surface area contributed by atoms with Crippen LogP contribution < -0.4 is 0 Å². The van der Waals surface area contributed by atoms with Crippen molar-refractivity contribution < 1.29 is 22.7 Å². The lowest BCUT2D eigenvalue weighted by Crippen LogP contribution is -2.45. The normalized spacial score (nSPS) is 18.3. The molecule has 1 amide bonds. The first-order chi connectivity index (χ1) is 13.6. The highest BCUT2D eigenvalue weighted by Crippen LogP contribution is 2.19. The van der Waals surface area contributed by atoms with Gasteiger partial charge < -0.3 is 9.64 Å². The second-order valence-electron chi connectivity index (χ2n) is 7.65. The average molecular weight is 419 g/mol. The smallest absolute Gasteiger partial charge is 0.349 e. The Balaban J connectivity index is 2.04. The lowest BCUT2D eigenvalue weighted by atomic mass is 10.1. The van der Waals surface area contributed by atoms with E-state index in [0.717, 1.165) is 5.56 Å². The van der Waals surface area contributed by atoms with E-state index in [1.165, 1.54) is 11.0 Å². The van der Waals surface area contributed by atoms with Crippen molar-refractivity contribution in [2.24, 2.45) is 5.92 Å². The molecule has 0 radical (unpaired) electrons. The van der Waals surface area contributed by atoms with Crippen LogP contribution in [0.1, 0.15) is 31.4 Å². The first-order valence-electron chi connectivity index (χ1n) is 9.47. The quantitative estimate of drug-likeness (QED) is 0.382. The number of sulfone groups is 1. The molecule has 0 saturated carbocycles. The monoisotopic (exact) mass is 418 g/mol. The van der Waals surface area contributed by atoms with Gasteiger partial charge in [0.25, 0.3) is 5.91 Å². The van der Waals surface area contributed by atoms with Gasteiger partial charge in [-0.25, -0.2) is 13.2 Å². The minimum atomic E-state index is -3.15. The summed E-state index contributed by atoms with van der Waals surface area (Å²) in [6, 6.07) is 8.65. The van der Waals surface area contributed by atoms with Gasteiger partial charge in [0.05, 0.1) is 11.5 Å². The minimum Gasteiger partial charge on any atom is -0.451 e. The molecular formula is C21H26N2O5S. The van der Waals surface area contributed by atoms with E-state index >= 15 is 0 Å². The molecule has 0 bridgehead atoms. The van der Waals surface area contributed by atoms with Crippen LogP contribution in [0.15, 0.2) is 29.8 Å². The SMILES string of the molecule is Cc1ccc(/C=C(\C#N)C(=O)OCC(=O)N(CC(C)C)[C@H]2CCS(=O)(=O)C2)cc1. The summed E-state index contributed by atoms with van der Waals surface area (Å²) >= 11 is 0. The zero-order chi connectivity index (χ0) is 21.6. The molecule has 1 fully saturated rings. The number of rotatable bonds is 7. The Morgan fingerprint density at radius 2 is 1.97 bits per heavy atom. The number of nitrogens with zero attached hydrogens (tertiary/aromatic N) is 2. The molecule has 0 aromatic heterocycles. The number of ether oxygens (including phenoxy) is 1. The molecule has 1 saturated heterocycles. The van der Waals surface area contributed by atoms with Crippen molar-refractivity contribution in [1.29, 1.82) is 5.26 Å². The van der Waals surface area contributed by atoms with Crippen LogP contribution in [-0.4, -0.2) is 55.9 Å². The Morgan fingerprint density at radius 3 is 2.48 bits per heavy atom. The first kappa shape index (κ1) is 22.6. The molecule has 1 atom stereocenters. The van der Waals surface area contributed by atoms with Crippen molar-refractivity contribution in [1.82, 2.24) is 4.90 Å². The van der Waals surface area contributed by atoms with Gasteiger partial charge in [-0.05, 0) is 30.9 Å². The molecule has 8 heteroatoms. The van der Waals surface area contributed by atoms with Crippen LogP contribution in [0.4, 0.5) is 0 Å². The molecule has 1 aliphatic heterocycles. The maximum Gasteiger partial charge on any atom is 0.349 e. The Bertz CT molecular complexity index is 927. The molecule has 0 N–H and O–H groups in total. The van der Waals surface area contributed by atoms with E-state index in [1.54, 1.807) is 18.2 Å². The molecule has 0 aliphatic carbocycles. The van der Waals surface area contributed by atoms with E-state index in [1.807, 2.05) is 32.9 Å². The van der Waals surface area contributed by atoms with Gasteiger partial charge in [-0.2, -0.15) is 5.26 Å². The van der Waals surface area contributed by atoms with Crippen molar-refractivity contribution in [3.63, 3.8) is 0 Å². The highest BCUT2D eigenvalue weighted by molar-refractivity contribution is 7.91. The molecule has 1 aromatic rings. The standard InChI is InChI=1S/C21H26N2O5S/c1-15(2)12-23(19-8-9-29(26,27)14-19)20(24)13-28-21(25)18(11-22)10-17-6-4-16(3)5-7-17/h4-7,10,15,19H,8-9,12-14H2,1-3H3/b18-10+/t19-/m0/s1. The fraction of sp³-hybridized carbons (Fsp3) is 0.476. The molecule has 7 nitrogen and oxygen atoms in total.